The molecule has 0 unspecified atom stereocenters. The van der Waals surface area contributed by atoms with Crippen LogP contribution in [0.1, 0.15) is 90.9 Å². The molecule has 0 atom stereocenters. The van der Waals surface area contributed by atoms with E-state index >= 15 is 0 Å². The van der Waals surface area contributed by atoms with Gasteiger partial charge >= 0.3 is 18.3 Å². The summed E-state index contributed by atoms with van der Waals surface area (Å²) in [4.78, 5) is 11.3. The summed E-state index contributed by atoms with van der Waals surface area (Å²) in [5, 5.41) is 0. The van der Waals surface area contributed by atoms with Gasteiger partial charge in [0.05, 0.1) is 0 Å². The van der Waals surface area contributed by atoms with Crippen LogP contribution in [0, 0.1) is 0 Å². The van der Waals surface area contributed by atoms with Crippen molar-refractivity contribution in [1.29, 1.82) is 0 Å². The van der Waals surface area contributed by atoms with Crippen molar-refractivity contribution in [2.45, 2.75) is 103 Å². The van der Waals surface area contributed by atoms with Gasteiger partial charge in [-0.25, -0.2) is 4.79 Å². The molecule has 0 fully saturated rings. The third kappa shape index (κ3) is 11.5. The van der Waals surface area contributed by atoms with Gasteiger partial charge < -0.3 is 4.74 Å². The molecule has 0 rings (SSSR count). The molecule has 0 aromatic rings. The molecule has 0 aliphatic rings. The van der Waals surface area contributed by atoms with Crippen molar-refractivity contribution in [2.24, 2.45) is 0 Å². The van der Waals surface area contributed by atoms with Crippen molar-refractivity contribution < 1.29 is 31.5 Å². The number of rotatable bonds is 14. The molecule has 7 heteroatoms. The van der Waals surface area contributed by atoms with E-state index in [-0.39, 0.29) is 5.57 Å². The third-order valence-electron chi connectivity index (χ3n) is 4.13. The highest BCUT2D eigenvalue weighted by molar-refractivity contribution is 5.87. The second-order valence-electron chi connectivity index (χ2n) is 6.62. The van der Waals surface area contributed by atoms with Gasteiger partial charge in [-0.05, 0) is 19.8 Å². The number of halogens is 5. The van der Waals surface area contributed by atoms with Gasteiger partial charge in [-0.2, -0.15) is 22.0 Å². The maximum Gasteiger partial charge on any atom is 0.501 e. The van der Waals surface area contributed by atoms with Crippen LogP contribution >= 0.6 is 0 Å². The fourth-order valence-corrected chi connectivity index (χ4v) is 2.47. The predicted octanol–water partition coefficient (Wildman–Crippen LogP) is 7.33. The van der Waals surface area contributed by atoms with Crippen LogP contribution in [0.3, 0.4) is 0 Å². The van der Waals surface area contributed by atoms with Gasteiger partial charge in [0.2, 0.25) is 0 Å². The Bertz CT molecular complexity index is 417. The minimum absolute atomic E-state index is 0.235. The van der Waals surface area contributed by atoms with Crippen LogP contribution in [-0.4, -0.2) is 18.3 Å². The molecule has 0 spiro atoms. The van der Waals surface area contributed by atoms with E-state index in [9.17, 15) is 26.7 Å². The highest BCUT2D eigenvalue weighted by Gasteiger charge is 2.62. The maximum absolute atomic E-state index is 12.6. The molecule has 0 heterocycles. The van der Waals surface area contributed by atoms with Crippen LogP contribution in [0.4, 0.5) is 22.0 Å². The number of hydrogen-bond acceptors (Lipinski definition) is 2. The van der Waals surface area contributed by atoms with Crippen LogP contribution in [-0.2, 0) is 9.53 Å². The average Bonchev–Trinajstić information content (AvgIpc) is 2.54. The van der Waals surface area contributed by atoms with Crippen LogP contribution in [0.15, 0.2) is 11.6 Å². The largest absolute Gasteiger partial charge is 0.501 e. The number of ether oxygens (including phenoxy) is 1. The van der Waals surface area contributed by atoms with Gasteiger partial charge in [0.25, 0.3) is 0 Å². The van der Waals surface area contributed by atoms with Crippen molar-refractivity contribution in [3.05, 3.63) is 11.6 Å². The lowest BCUT2D eigenvalue weighted by molar-refractivity contribution is -0.375. The smallest absolute Gasteiger partial charge is 0.390 e. The van der Waals surface area contributed by atoms with Crippen molar-refractivity contribution in [2.75, 3.05) is 0 Å². The van der Waals surface area contributed by atoms with E-state index in [4.69, 9.17) is 0 Å². The van der Waals surface area contributed by atoms with E-state index in [0.717, 1.165) is 25.7 Å². The fraction of sp³-hybridized carbons (Fsp3) is 0.842. The Morgan fingerprint density at radius 1 is 0.808 bits per heavy atom. The Hall–Kier alpha value is -1.14. The van der Waals surface area contributed by atoms with E-state index in [0.29, 0.717) is 6.42 Å². The number of carbonyl (C=O) groups is 1. The minimum Gasteiger partial charge on any atom is -0.390 e. The van der Waals surface area contributed by atoms with E-state index < -0.39 is 18.3 Å². The molecule has 0 radical (unpaired) electrons. The quantitative estimate of drug-likeness (QED) is 0.135. The van der Waals surface area contributed by atoms with Crippen molar-refractivity contribution in [1.82, 2.24) is 0 Å². The van der Waals surface area contributed by atoms with Crippen LogP contribution < -0.4 is 0 Å². The number of alkyl halides is 5. The molecular formula is C19H31F5O2. The van der Waals surface area contributed by atoms with Crippen LogP contribution in [0.25, 0.3) is 0 Å². The monoisotopic (exact) mass is 386 g/mol. The molecule has 0 N–H and O–H groups in total. The molecule has 0 aromatic heterocycles. The summed E-state index contributed by atoms with van der Waals surface area (Å²) in [7, 11) is 0. The number of unbranched alkanes of at least 4 members (excludes halogenated alkanes) is 11. The predicted molar refractivity (Wildman–Crippen MR) is 91.9 cm³/mol. The summed E-state index contributed by atoms with van der Waals surface area (Å²) in [6, 6.07) is 0. The number of esters is 1. The van der Waals surface area contributed by atoms with E-state index in [1.165, 1.54) is 57.9 Å². The molecule has 0 aromatic carbocycles. The first-order chi connectivity index (χ1) is 12.1. The molecule has 0 bridgehead atoms. The summed E-state index contributed by atoms with van der Waals surface area (Å²) in [5.41, 5.74) is -0.235. The molecule has 0 saturated carbocycles. The van der Waals surface area contributed by atoms with E-state index in [1.807, 2.05) is 0 Å². The number of hydrogen-bond donors (Lipinski definition) is 0. The summed E-state index contributed by atoms with van der Waals surface area (Å²) >= 11 is 0. The van der Waals surface area contributed by atoms with E-state index in [1.54, 1.807) is 0 Å². The number of carbonyl (C=O) groups excluding carboxylic acids is 1. The lowest BCUT2D eigenvalue weighted by atomic mass is 10.0. The molecule has 0 aliphatic heterocycles. The Labute approximate surface area is 153 Å². The van der Waals surface area contributed by atoms with E-state index in [2.05, 4.69) is 11.7 Å². The Morgan fingerprint density at radius 2 is 1.23 bits per heavy atom. The zero-order valence-electron chi connectivity index (χ0n) is 15.8. The first kappa shape index (κ1) is 24.9. The number of allylic oxidation sites excluding steroid dienone is 1. The minimum atomic E-state index is -5.90. The Morgan fingerprint density at radius 3 is 1.65 bits per heavy atom. The van der Waals surface area contributed by atoms with Gasteiger partial charge in [0, 0.05) is 5.57 Å². The molecule has 0 amide bonds. The Balaban J connectivity index is 3.77. The second kappa shape index (κ2) is 13.1. The lowest BCUT2D eigenvalue weighted by Crippen LogP contribution is -2.41. The molecule has 0 aliphatic carbocycles. The van der Waals surface area contributed by atoms with Gasteiger partial charge in [-0.1, -0.05) is 77.2 Å². The normalized spacial score (nSPS) is 13.1. The zero-order chi connectivity index (χ0) is 20.1. The molecule has 2 nitrogen and oxygen atoms in total. The molecule has 154 valence electrons. The van der Waals surface area contributed by atoms with Gasteiger partial charge in [0.1, 0.15) is 0 Å². The van der Waals surface area contributed by atoms with Crippen molar-refractivity contribution in [3.63, 3.8) is 0 Å². The second-order valence-corrected chi connectivity index (χ2v) is 6.62. The molecular weight excluding hydrogens is 355 g/mol. The van der Waals surface area contributed by atoms with Crippen LogP contribution in [0.2, 0.25) is 0 Å². The van der Waals surface area contributed by atoms with Crippen molar-refractivity contribution in [3.8, 4) is 0 Å². The van der Waals surface area contributed by atoms with Gasteiger partial charge in [-0.3, -0.25) is 0 Å². The van der Waals surface area contributed by atoms with Crippen molar-refractivity contribution >= 4 is 5.97 Å². The van der Waals surface area contributed by atoms with Crippen LogP contribution in [0.5, 0.6) is 0 Å². The molecule has 26 heavy (non-hydrogen) atoms. The summed E-state index contributed by atoms with van der Waals surface area (Å²) < 4.78 is 64.4. The maximum atomic E-state index is 12.6. The first-order valence-corrected chi connectivity index (χ1v) is 9.46. The third-order valence-corrected chi connectivity index (χ3v) is 4.13. The molecule has 0 saturated heterocycles. The highest BCUT2D eigenvalue weighted by Crippen LogP contribution is 2.36. The SMILES string of the molecule is CCCCCCCCCCCCCC=C(C)C(=O)OC(F)(F)C(F)(F)F. The standard InChI is InChI=1S/C19H31F5O2/c1-3-4-5-6-7-8-9-10-11-12-13-14-15-16(2)17(25)26-19(23,24)18(20,21)22/h15H,3-14H2,1-2H3. The summed E-state index contributed by atoms with van der Waals surface area (Å²) in [6.07, 6.45) is 3.17. The summed E-state index contributed by atoms with van der Waals surface area (Å²) in [5.74, 6) is -1.64. The zero-order valence-corrected chi connectivity index (χ0v) is 15.8. The Kier molecular flexibility index (Phi) is 12.5. The summed E-state index contributed by atoms with van der Waals surface area (Å²) in [6.45, 7) is 3.37. The van der Waals surface area contributed by atoms with Gasteiger partial charge in [0.15, 0.2) is 0 Å². The first-order valence-electron chi connectivity index (χ1n) is 9.46. The lowest BCUT2D eigenvalue weighted by Gasteiger charge is -2.18. The average molecular weight is 386 g/mol. The topological polar surface area (TPSA) is 26.3 Å². The fourth-order valence-electron chi connectivity index (χ4n) is 2.47. The highest BCUT2D eigenvalue weighted by atomic mass is 19.4. The van der Waals surface area contributed by atoms with Gasteiger partial charge in [-0.15, -0.1) is 0 Å².